The molecule has 0 fully saturated rings. The van der Waals surface area contributed by atoms with Gasteiger partial charge >= 0.3 is 0 Å². The van der Waals surface area contributed by atoms with Gasteiger partial charge < -0.3 is 15.5 Å². The van der Waals surface area contributed by atoms with E-state index < -0.39 is 0 Å². The number of nitrogens with one attached hydrogen (secondary N) is 2. The van der Waals surface area contributed by atoms with Crippen molar-refractivity contribution in [3.8, 4) is 11.4 Å². The fourth-order valence-electron chi connectivity index (χ4n) is 3.38. The summed E-state index contributed by atoms with van der Waals surface area (Å²) >= 11 is 1.44. The van der Waals surface area contributed by atoms with E-state index in [4.69, 9.17) is 4.74 Å². The summed E-state index contributed by atoms with van der Waals surface area (Å²) in [5, 5.41) is 12.0. The molecule has 3 aromatic rings. The Morgan fingerprint density at radius 3 is 2.67 bits per heavy atom. The van der Waals surface area contributed by atoms with Gasteiger partial charge in [0, 0.05) is 25.8 Å². The number of rotatable bonds is 7. The number of fused-ring (bicyclic) bond motifs is 1. The van der Waals surface area contributed by atoms with Crippen LogP contribution in [0.4, 0.5) is 0 Å². The molecule has 156 valence electrons. The third-order valence-corrected chi connectivity index (χ3v) is 6.20. The predicted molar refractivity (Wildman–Crippen MR) is 118 cm³/mol. The maximum absolute atomic E-state index is 13.0. The zero-order valence-electron chi connectivity index (χ0n) is 17.0. The van der Waals surface area contributed by atoms with Crippen LogP contribution in [0.1, 0.15) is 23.6 Å². The van der Waals surface area contributed by atoms with E-state index in [1.165, 1.54) is 17.3 Å². The molecule has 0 spiro atoms. The first-order valence-corrected chi connectivity index (χ1v) is 10.8. The third-order valence-electron chi connectivity index (χ3n) is 4.99. The van der Waals surface area contributed by atoms with Gasteiger partial charge in [-0.05, 0) is 18.9 Å². The highest BCUT2D eigenvalue weighted by Gasteiger charge is 2.37. The van der Waals surface area contributed by atoms with Crippen LogP contribution in [0, 0.1) is 6.92 Å². The molecule has 0 radical (unpaired) electrons. The van der Waals surface area contributed by atoms with Crippen LogP contribution in [-0.4, -0.2) is 46.3 Å². The van der Waals surface area contributed by atoms with E-state index in [0.29, 0.717) is 18.3 Å². The van der Waals surface area contributed by atoms with E-state index in [1.807, 2.05) is 35.0 Å². The van der Waals surface area contributed by atoms with E-state index in [-0.39, 0.29) is 17.2 Å². The van der Waals surface area contributed by atoms with E-state index in [9.17, 15) is 4.79 Å². The zero-order chi connectivity index (χ0) is 20.9. The van der Waals surface area contributed by atoms with Crippen LogP contribution in [0.3, 0.4) is 0 Å². The number of carbonyl (C=O) groups excluding carboxylic acids is 1. The van der Waals surface area contributed by atoms with Crippen molar-refractivity contribution in [1.82, 2.24) is 20.2 Å². The van der Waals surface area contributed by atoms with Gasteiger partial charge in [0.2, 0.25) is 11.1 Å². The summed E-state index contributed by atoms with van der Waals surface area (Å²) in [6.45, 7) is 3.25. The maximum atomic E-state index is 13.0. The van der Waals surface area contributed by atoms with Crippen molar-refractivity contribution in [3.05, 3.63) is 65.7 Å². The topological polar surface area (TPSA) is 81.1 Å². The van der Waals surface area contributed by atoms with Crippen LogP contribution in [0.15, 0.2) is 59.8 Å². The van der Waals surface area contributed by atoms with E-state index in [2.05, 4.69) is 52.1 Å². The maximum Gasteiger partial charge on any atom is 0.236 e. The lowest BCUT2D eigenvalue weighted by molar-refractivity contribution is -0.121. The van der Waals surface area contributed by atoms with Gasteiger partial charge in [0.25, 0.3) is 0 Å². The molecule has 0 saturated carbocycles. The second-order valence-electron chi connectivity index (χ2n) is 7.20. The van der Waals surface area contributed by atoms with Crippen LogP contribution in [0.25, 0.3) is 11.4 Å². The molecular weight excluding hydrogens is 398 g/mol. The van der Waals surface area contributed by atoms with E-state index >= 15 is 0 Å². The molecule has 2 heterocycles. The van der Waals surface area contributed by atoms with E-state index in [0.717, 1.165) is 23.4 Å². The molecule has 1 aliphatic rings. The summed E-state index contributed by atoms with van der Waals surface area (Å²) in [4.78, 5) is 13.0. The Labute approximate surface area is 180 Å². The lowest BCUT2D eigenvalue weighted by atomic mass is 10.0. The SMILES string of the molecule is COCCCNC(=O)[C@@H]1Sc2nnc(-c3ccccc3)n2N[C@H]1c1ccc(C)cc1. The number of hydrogen-bond donors (Lipinski definition) is 2. The molecule has 2 aromatic carbocycles. The van der Waals surface area contributed by atoms with Gasteiger partial charge in [0.15, 0.2) is 5.82 Å². The van der Waals surface area contributed by atoms with Crippen molar-refractivity contribution in [2.24, 2.45) is 0 Å². The highest BCUT2D eigenvalue weighted by atomic mass is 32.2. The lowest BCUT2D eigenvalue weighted by Crippen LogP contribution is -2.44. The largest absolute Gasteiger partial charge is 0.385 e. The molecule has 2 atom stereocenters. The van der Waals surface area contributed by atoms with Crippen LogP contribution in [0.5, 0.6) is 0 Å². The monoisotopic (exact) mass is 423 g/mol. The van der Waals surface area contributed by atoms with Crippen molar-refractivity contribution in [3.63, 3.8) is 0 Å². The summed E-state index contributed by atoms with van der Waals surface area (Å²) in [7, 11) is 1.66. The quantitative estimate of drug-likeness (QED) is 0.568. The Morgan fingerprint density at radius 2 is 1.93 bits per heavy atom. The first-order chi connectivity index (χ1) is 14.7. The number of thioether (sulfide) groups is 1. The Hall–Kier alpha value is -2.84. The van der Waals surface area contributed by atoms with Crippen molar-refractivity contribution < 1.29 is 9.53 Å². The molecule has 0 unspecified atom stereocenters. The van der Waals surface area contributed by atoms with Gasteiger partial charge in [-0.25, -0.2) is 4.68 Å². The first kappa shape index (κ1) is 20.4. The Bertz CT molecular complexity index is 991. The van der Waals surface area contributed by atoms with Gasteiger partial charge in [-0.2, -0.15) is 0 Å². The van der Waals surface area contributed by atoms with Gasteiger partial charge in [-0.3, -0.25) is 4.79 Å². The average molecular weight is 424 g/mol. The molecular formula is C22H25N5O2S. The highest BCUT2D eigenvalue weighted by Crippen LogP contribution is 2.38. The summed E-state index contributed by atoms with van der Waals surface area (Å²) in [6.07, 6.45) is 0.774. The number of hydrogen-bond acceptors (Lipinski definition) is 6. The molecule has 8 heteroatoms. The van der Waals surface area contributed by atoms with Gasteiger partial charge in [-0.1, -0.05) is 71.9 Å². The van der Waals surface area contributed by atoms with Gasteiger partial charge in [0.1, 0.15) is 5.25 Å². The number of amides is 1. The molecule has 1 aromatic heterocycles. The Morgan fingerprint density at radius 1 is 1.17 bits per heavy atom. The van der Waals surface area contributed by atoms with Gasteiger partial charge in [0.05, 0.1) is 6.04 Å². The summed E-state index contributed by atoms with van der Waals surface area (Å²) in [5.74, 6) is 0.707. The normalized spacial score (nSPS) is 17.8. The molecule has 1 aliphatic heterocycles. The molecule has 2 N–H and O–H groups in total. The molecule has 0 bridgehead atoms. The van der Waals surface area contributed by atoms with E-state index in [1.54, 1.807) is 7.11 Å². The second-order valence-corrected chi connectivity index (χ2v) is 8.31. The van der Waals surface area contributed by atoms with Crippen LogP contribution >= 0.6 is 11.8 Å². The molecule has 0 aliphatic carbocycles. The lowest BCUT2D eigenvalue weighted by Gasteiger charge is -2.33. The summed E-state index contributed by atoms with van der Waals surface area (Å²) in [5.41, 5.74) is 6.69. The number of benzene rings is 2. The Balaban J connectivity index is 1.64. The first-order valence-electron chi connectivity index (χ1n) is 9.94. The van der Waals surface area contributed by atoms with Crippen molar-refractivity contribution in [1.29, 1.82) is 0 Å². The minimum Gasteiger partial charge on any atom is -0.385 e. The standard InChI is InChI=1S/C22H25N5O2S/c1-15-9-11-16(12-10-15)18-19(21(28)23-13-6-14-29-2)30-22-25-24-20(27(22)26-18)17-7-4-3-5-8-17/h3-5,7-12,18-19,26H,6,13-14H2,1-2H3,(H,23,28)/t18-,19+/m0/s1. The average Bonchev–Trinajstić information content (AvgIpc) is 3.20. The minimum atomic E-state index is -0.365. The highest BCUT2D eigenvalue weighted by molar-refractivity contribution is 8.00. The molecule has 0 saturated heterocycles. The van der Waals surface area contributed by atoms with Crippen molar-refractivity contribution in [2.45, 2.75) is 29.8 Å². The zero-order valence-corrected chi connectivity index (χ0v) is 17.9. The molecule has 7 nitrogen and oxygen atoms in total. The third kappa shape index (κ3) is 4.34. The van der Waals surface area contributed by atoms with Crippen LogP contribution < -0.4 is 10.7 Å². The van der Waals surface area contributed by atoms with Crippen LogP contribution in [0.2, 0.25) is 0 Å². The number of aromatic nitrogens is 3. The predicted octanol–water partition coefficient (Wildman–Crippen LogP) is 3.17. The number of carbonyl (C=O) groups is 1. The van der Waals surface area contributed by atoms with Crippen molar-refractivity contribution in [2.75, 3.05) is 25.7 Å². The number of methoxy groups -OCH3 is 1. The molecule has 4 rings (SSSR count). The Kier molecular flexibility index (Phi) is 6.35. The van der Waals surface area contributed by atoms with Crippen molar-refractivity contribution >= 4 is 17.7 Å². The second kappa shape index (κ2) is 9.32. The number of nitrogens with zero attached hydrogens (tertiary/aromatic N) is 3. The molecule has 1 amide bonds. The summed E-state index contributed by atoms with van der Waals surface area (Å²) < 4.78 is 6.96. The fraction of sp³-hybridized carbons (Fsp3) is 0.318. The smallest absolute Gasteiger partial charge is 0.236 e. The molecule has 30 heavy (non-hydrogen) atoms. The van der Waals surface area contributed by atoms with Gasteiger partial charge in [-0.15, -0.1) is 10.2 Å². The number of aryl methyl sites for hydroxylation is 1. The minimum absolute atomic E-state index is 0.0234. The number of ether oxygens (including phenoxy) is 1. The fourth-order valence-corrected chi connectivity index (χ4v) is 4.49. The van der Waals surface area contributed by atoms with Crippen LogP contribution in [-0.2, 0) is 9.53 Å². The summed E-state index contributed by atoms with van der Waals surface area (Å²) in [6, 6.07) is 18.0.